The number of sulfonamides is 1. The van der Waals surface area contributed by atoms with E-state index in [4.69, 9.17) is 5.11 Å². The van der Waals surface area contributed by atoms with E-state index in [-0.39, 0.29) is 12.5 Å². The highest BCUT2D eigenvalue weighted by molar-refractivity contribution is 7.88. The Balaban J connectivity index is 2.11. The van der Waals surface area contributed by atoms with Gasteiger partial charge in [-0.3, -0.25) is 14.8 Å². The number of hydrogen-bond acceptors (Lipinski definition) is 5. The van der Waals surface area contributed by atoms with Crippen molar-refractivity contribution < 1.29 is 18.3 Å². The Morgan fingerprint density at radius 2 is 2.20 bits per heavy atom. The summed E-state index contributed by atoms with van der Waals surface area (Å²) in [5, 5.41) is 8.60. The molecular formula is C12H17N3O4S. The van der Waals surface area contributed by atoms with Gasteiger partial charge in [0.2, 0.25) is 10.0 Å². The van der Waals surface area contributed by atoms with E-state index in [1.165, 1.54) is 16.8 Å². The summed E-state index contributed by atoms with van der Waals surface area (Å²) in [5.74, 6) is -0.880. The van der Waals surface area contributed by atoms with Gasteiger partial charge < -0.3 is 5.11 Å². The predicted molar refractivity (Wildman–Crippen MR) is 71.5 cm³/mol. The van der Waals surface area contributed by atoms with Crippen molar-refractivity contribution >= 4 is 16.0 Å². The van der Waals surface area contributed by atoms with Crippen LogP contribution in [0.1, 0.15) is 36.7 Å². The fraction of sp³-hybridized carbons (Fsp3) is 0.583. The number of aliphatic carboxylic acids is 1. The molecule has 8 heteroatoms. The Morgan fingerprint density at radius 3 is 2.75 bits per heavy atom. The van der Waals surface area contributed by atoms with Crippen LogP contribution in [0.15, 0.2) is 12.4 Å². The first-order valence-corrected chi connectivity index (χ1v) is 8.22. The summed E-state index contributed by atoms with van der Waals surface area (Å²) in [7, 11) is -3.24. The zero-order valence-electron chi connectivity index (χ0n) is 11.2. The van der Waals surface area contributed by atoms with Crippen molar-refractivity contribution in [2.45, 2.75) is 31.7 Å². The third kappa shape index (κ3) is 3.51. The molecule has 1 N–H and O–H groups in total. The van der Waals surface area contributed by atoms with E-state index in [1.807, 2.05) is 0 Å². The largest absolute Gasteiger partial charge is 0.481 e. The molecule has 0 radical (unpaired) electrons. The molecule has 1 unspecified atom stereocenters. The number of carboxylic acids is 1. The van der Waals surface area contributed by atoms with Crippen LogP contribution in [0, 0.1) is 0 Å². The van der Waals surface area contributed by atoms with E-state index < -0.39 is 16.0 Å². The average molecular weight is 299 g/mol. The van der Waals surface area contributed by atoms with Crippen LogP contribution in [0.4, 0.5) is 0 Å². The summed E-state index contributed by atoms with van der Waals surface area (Å²) in [6.45, 7) is 0.506. The molecule has 2 heterocycles. The van der Waals surface area contributed by atoms with Gasteiger partial charge in [0.25, 0.3) is 0 Å². The molecular weight excluding hydrogens is 282 g/mol. The van der Waals surface area contributed by atoms with Crippen molar-refractivity contribution in [1.29, 1.82) is 0 Å². The molecule has 0 bridgehead atoms. The molecule has 20 heavy (non-hydrogen) atoms. The van der Waals surface area contributed by atoms with Crippen LogP contribution in [-0.4, -0.2) is 46.6 Å². The zero-order valence-corrected chi connectivity index (χ0v) is 12.0. The van der Waals surface area contributed by atoms with Gasteiger partial charge in [-0.25, -0.2) is 8.42 Å². The lowest BCUT2D eigenvalue weighted by atomic mass is 10.1. The number of aromatic nitrogens is 2. The zero-order chi connectivity index (χ0) is 14.8. The van der Waals surface area contributed by atoms with Crippen LogP contribution in [0.2, 0.25) is 0 Å². The second-order valence-electron chi connectivity index (χ2n) is 4.86. The summed E-state index contributed by atoms with van der Waals surface area (Å²) >= 11 is 0. The fourth-order valence-corrected chi connectivity index (χ4v) is 3.47. The van der Waals surface area contributed by atoms with Crippen LogP contribution in [0.5, 0.6) is 0 Å². The van der Waals surface area contributed by atoms with Crippen molar-refractivity contribution in [2.24, 2.45) is 0 Å². The maximum Gasteiger partial charge on any atom is 0.303 e. The lowest BCUT2D eigenvalue weighted by molar-refractivity contribution is -0.136. The summed E-state index contributed by atoms with van der Waals surface area (Å²) < 4.78 is 24.8. The van der Waals surface area contributed by atoms with Crippen molar-refractivity contribution in [3.05, 3.63) is 23.8 Å². The molecule has 0 spiro atoms. The van der Waals surface area contributed by atoms with E-state index in [2.05, 4.69) is 9.97 Å². The Bertz CT molecular complexity index is 585. The van der Waals surface area contributed by atoms with Crippen LogP contribution in [0.3, 0.4) is 0 Å². The number of nitrogens with zero attached hydrogens (tertiary/aromatic N) is 3. The minimum Gasteiger partial charge on any atom is -0.481 e. The van der Waals surface area contributed by atoms with Crippen LogP contribution >= 0.6 is 0 Å². The lowest BCUT2D eigenvalue weighted by Gasteiger charge is -2.21. The highest BCUT2D eigenvalue weighted by atomic mass is 32.2. The number of hydrogen-bond donors (Lipinski definition) is 1. The van der Waals surface area contributed by atoms with Crippen LogP contribution < -0.4 is 0 Å². The van der Waals surface area contributed by atoms with Crippen LogP contribution in [-0.2, 0) is 21.2 Å². The van der Waals surface area contributed by atoms with Gasteiger partial charge in [-0.15, -0.1) is 0 Å². The van der Waals surface area contributed by atoms with Gasteiger partial charge in [-0.1, -0.05) is 0 Å². The molecule has 1 aromatic heterocycles. The van der Waals surface area contributed by atoms with Crippen molar-refractivity contribution in [2.75, 3.05) is 12.8 Å². The highest BCUT2D eigenvalue weighted by Gasteiger charge is 2.33. The quantitative estimate of drug-likeness (QED) is 0.854. The number of carboxylic acid groups (broad SMARTS) is 1. The molecule has 1 aliphatic heterocycles. The highest BCUT2D eigenvalue weighted by Crippen LogP contribution is 2.32. The first-order chi connectivity index (χ1) is 9.38. The van der Waals surface area contributed by atoms with E-state index >= 15 is 0 Å². The molecule has 110 valence electrons. The van der Waals surface area contributed by atoms with Gasteiger partial charge in [0.05, 0.1) is 36.3 Å². The van der Waals surface area contributed by atoms with E-state index in [1.54, 1.807) is 6.20 Å². The van der Waals surface area contributed by atoms with E-state index in [0.717, 1.165) is 12.8 Å². The smallest absolute Gasteiger partial charge is 0.303 e. The van der Waals surface area contributed by atoms with Gasteiger partial charge in [0.15, 0.2) is 0 Å². The fourth-order valence-electron chi connectivity index (χ4n) is 2.33. The molecule has 1 aliphatic rings. The minimum atomic E-state index is -3.24. The van der Waals surface area contributed by atoms with Crippen molar-refractivity contribution in [1.82, 2.24) is 14.3 Å². The van der Waals surface area contributed by atoms with Crippen LogP contribution in [0.25, 0.3) is 0 Å². The maximum atomic E-state index is 11.7. The molecule has 7 nitrogen and oxygen atoms in total. The molecule has 1 fully saturated rings. The van der Waals surface area contributed by atoms with Gasteiger partial charge in [-0.05, 0) is 12.8 Å². The van der Waals surface area contributed by atoms with Gasteiger partial charge >= 0.3 is 5.97 Å². The second-order valence-corrected chi connectivity index (χ2v) is 6.79. The topological polar surface area (TPSA) is 100 Å². The third-order valence-corrected chi connectivity index (χ3v) is 4.58. The minimum absolute atomic E-state index is 0.00686. The normalized spacial score (nSPS) is 20.1. The average Bonchev–Trinajstić information content (AvgIpc) is 2.86. The first kappa shape index (κ1) is 14.9. The Labute approximate surface area is 117 Å². The number of rotatable bonds is 5. The SMILES string of the molecule is CS(=O)(=O)N1CCCC1c1cnc(CCC(=O)O)cn1. The standard InChI is InChI=1S/C12H17N3O4S/c1-20(18,19)15-6-2-3-11(15)10-8-13-9(7-14-10)4-5-12(16)17/h7-8,11H,2-6H2,1H3,(H,16,17). The molecule has 1 atom stereocenters. The van der Waals surface area contributed by atoms with Gasteiger partial charge in [0.1, 0.15) is 0 Å². The second kappa shape index (κ2) is 5.84. The summed E-state index contributed by atoms with van der Waals surface area (Å²) in [6, 6.07) is -0.258. The molecule has 2 rings (SSSR count). The summed E-state index contributed by atoms with van der Waals surface area (Å²) in [4.78, 5) is 18.9. The van der Waals surface area contributed by atoms with Gasteiger partial charge in [0, 0.05) is 19.2 Å². The molecule has 0 aromatic carbocycles. The third-order valence-electron chi connectivity index (χ3n) is 3.29. The first-order valence-electron chi connectivity index (χ1n) is 6.37. The maximum absolute atomic E-state index is 11.7. The Morgan fingerprint density at radius 1 is 1.45 bits per heavy atom. The lowest BCUT2D eigenvalue weighted by Crippen LogP contribution is -2.30. The Hall–Kier alpha value is -1.54. The summed E-state index contributed by atoms with van der Waals surface area (Å²) in [6.07, 6.45) is 6.13. The molecule has 0 aliphatic carbocycles. The molecule has 0 amide bonds. The van der Waals surface area contributed by atoms with Gasteiger partial charge in [-0.2, -0.15) is 4.31 Å². The predicted octanol–water partition coefficient (Wildman–Crippen LogP) is 0.590. The van der Waals surface area contributed by atoms with E-state index in [9.17, 15) is 13.2 Å². The Kier molecular flexibility index (Phi) is 4.34. The number of aryl methyl sites for hydroxylation is 1. The number of carbonyl (C=O) groups is 1. The van der Waals surface area contributed by atoms with Crippen molar-refractivity contribution in [3.63, 3.8) is 0 Å². The summed E-state index contributed by atoms with van der Waals surface area (Å²) in [5.41, 5.74) is 1.21. The van der Waals surface area contributed by atoms with E-state index in [0.29, 0.717) is 24.4 Å². The molecule has 0 saturated carbocycles. The van der Waals surface area contributed by atoms with Crippen molar-refractivity contribution in [3.8, 4) is 0 Å². The molecule has 1 aromatic rings. The molecule has 1 saturated heterocycles. The monoisotopic (exact) mass is 299 g/mol.